The zero-order chi connectivity index (χ0) is 17.1. The maximum atomic E-state index is 5.83. The molecule has 0 bridgehead atoms. The number of aromatic nitrogens is 1. The molecule has 0 atom stereocenters. The highest BCUT2D eigenvalue weighted by atomic mass is 32.1. The summed E-state index contributed by atoms with van der Waals surface area (Å²) in [7, 11) is 3.29. The van der Waals surface area contributed by atoms with Gasteiger partial charge < -0.3 is 20.1 Å². The van der Waals surface area contributed by atoms with E-state index in [1.54, 1.807) is 25.6 Å². The van der Waals surface area contributed by atoms with Crippen LogP contribution in [-0.2, 0) is 0 Å². The largest absolute Gasteiger partial charge is 0.493 e. The number of thiazole rings is 1. The predicted molar refractivity (Wildman–Crippen MR) is 98.9 cm³/mol. The third kappa shape index (κ3) is 3.33. The Morgan fingerprint density at radius 1 is 1.25 bits per heavy atom. The standard InChI is InChI=1S/C18H23N3O2S/c1-12(19)13-6-8-21(9-7-13)18-20-11-17(24-18)14-4-5-15(22-2)16(10-14)23-3/h4-5,10-11,13H,1,6-9,19H2,2-3H3. The Labute approximate surface area is 146 Å². The number of allylic oxidation sites excluding steroid dienone is 1. The van der Waals surface area contributed by atoms with Gasteiger partial charge in [-0.2, -0.15) is 0 Å². The lowest BCUT2D eigenvalue weighted by molar-refractivity contribution is 0.355. The number of nitrogens with two attached hydrogens (primary N) is 1. The molecule has 1 aliphatic heterocycles. The average Bonchev–Trinajstić information content (AvgIpc) is 3.11. The van der Waals surface area contributed by atoms with Crippen LogP contribution in [-0.4, -0.2) is 32.3 Å². The van der Waals surface area contributed by atoms with E-state index in [1.165, 1.54) is 0 Å². The Hall–Kier alpha value is -2.21. The first-order valence-electron chi connectivity index (χ1n) is 7.99. The molecule has 2 heterocycles. The molecule has 24 heavy (non-hydrogen) atoms. The third-order valence-electron chi connectivity index (χ3n) is 4.45. The molecule has 1 aliphatic rings. The monoisotopic (exact) mass is 345 g/mol. The van der Waals surface area contributed by atoms with Crippen LogP contribution in [0.4, 0.5) is 5.13 Å². The van der Waals surface area contributed by atoms with Crippen molar-refractivity contribution in [2.24, 2.45) is 11.7 Å². The van der Waals surface area contributed by atoms with E-state index in [9.17, 15) is 0 Å². The summed E-state index contributed by atoms with van der Waals surface area (Å²) in [5.41, 5.74) is 7.72. The molecular formula is C18H23N3O2S. The van der Waals surface area contributed by atoms with Gasteiger partial charge in [0.1, 0.15) is 0 Å². The van der Waals surface area contributed by atoms with E-state index in [1.807, 2.05) is 24.4 Å². The third-order valence-corrected chi connectivity index (χ3v) is 5.56. The average molecular weight is 345 g/mol. The van der Waals surface area contributed by atoms with Crippen LogP contribution in [0.15, 0.2) is 36.7 Å². The Morgan fingerprint density at radius 2 is 1.96 bits per heavy atom. The van der Waals surface area contributed by atoms with Crippen molar-refractivity contribution in [2.45, 2.75) is 12.8 Å². The first-order chi connectivity index (χ1) is 11.6. The van der Waals surface area contributed by atoms with Gasteiger partial charge in [-0.15, -0.1) is 0 Å². The van der Waals surface area contributed by atoms with Gasteiger partial charge in [-0.3, -0.25) is 0 Å². The molecule has 5 nitrogen and oxygen atoms in total. The van der Waals surface area contributed by atoms with Crippen LogP contribution in [0.5, 0.6) is 11.5 Å². The number of anilines is 1. The maximum Gasteiger partial charge on any atom is 0.185 e. The zero-order valence-corrected chi connectivity index (χ0v) is 14.9. The number of piperidine rings is 1. The molecule has 2 aromatic rings. The van der Waals surface area contributed by atoms with Crippen molar-refractivity contribution in [1.29, 1.82) is 0 Å². The number of methoxy groups -OCH3 is 2. The summed E-state index contributed by atoms with van der Waals surface area (Å²) in [6.45, 7) is 5.82. The number of rotatable bonds is 5. The number of ether oxygens (including phenoxy) is 2. The normalized spacial score (nSPS) is 15.3. The van der Waals surface area contributed by atoms with Gasteiger partial charge in [0.15, 0.2) is 16.6 Å². The summed E-state index contributed by atoms with van der Waals surface area (Å²) < 4.78 is 10.7. The summed E-state index contributed by atoms with van der Waals surface area (Å²) in [4.78, 5) is 8.05. The molecule has 2 N–H and O–H groups in total. The molecule has 0 radical (unpaired) electrons. The van der Waals surface area contributed by atoms with Crippen LogP contribution >= 0.6 is 11.3 Å². The molecule has 6 heteroatoms. The van der Waals surface area contributed by atoms with Crippen LogP contribution in [0.25, 0.3) is 10.4 Å². The lowest BCUT2D eigenvalue weighted by Gasteiger charge is -2.31. The molecule has 0 saturated carbocycles. The fourth-order valence-corrected chi connectivity index (χ4v) is 3.94. The fraction of sp³-hybridized carbons (Fsp3) is 0.389. The van der Waals surface area contributed by atoms with E-state index in [0.717, 1.165) is 58.7 Å². The van der Waals surface area contributed by atoms with E-state index in [4.69, 9.17) is 15.2 Å². The minimum absolute atomic E-state index is 0.437. The number of nitrogens with zero attached hydrogens (tertiary/aromatic N) is 2. The fourth-order valence-electron chi connectivity index (χ4n) is 2.98. The molecule has 0 unspecified atom stereocenters. The number of hydrogen-bond donors (Lipinski definition) is 1. The van der Waals surface area contributed by atoms with Crippen molar-refractivity contribution in [1.82, 2.24) is 4.98 Å². The van der Waals surface area contributed by atoms with Gasteiger partial charge in [-0.1, -0.05) is 17.9 Å². The Bertz CT molecular complexity index is 721. The van der Waals surface area contributed by atoms with Crippen LogP contribution < -0.4 is 20.1 Å². The second kappa shape index (κ2) is 7.13. The summed E-state index contributed by atoms with van der Waals surface area (Å²) in [5.74, 6) is 1.90. The lowest BCUT2D eigenvalue weighted by Crippen LogP contribution is -2.35. The van der Waals surface area contributed by atoms with Crippen molar-refractivity contribution in [3.05, 3.63) is 36.7 Å². The summed E-state index contributed by atoms with van der Waals surface area (Å²) >= 11 is 1.70. The topological polar surface area (TPSA) is 60.6 Å². The number of hydrogen-bond acceptors (Lipinski definition) is 6. The second-order valence-corrected chi connectivity index (χ2v) is 6.92. The quantitative estimate of drug-likeness (QED) is 0.898. The van der Waals surface area contributed by atoms with E-state index in [-0.39, 0.29) is 0 Å². The van der Waals surface area contributed by atoms with Crippen LogP contribution in [0.3, 0.4) is 0 Å². The molecule has 0 aliphatic carbocycles. The van der Waals surface area contributed by atoms with Gasteiger partial charge in [0, 0.05) is 30.9 Å². The van der Waals surface area contributed by atoms with Gasteiger partial charge in [-0.05, 0) is 36.6 Å². The Kier molecular flexibility index (Phi) is 4.94. The first-order valence-corrected chi connectivity index (χ1v) is 8.81. The SMILES string of the molecule is C=C(N)C1CCN(c2ncc(-c3ccc(OC)c(OC)c3)s2)CC1. The van der Waals surface area contributed by atoms with Crippen LogP contribution in [0, 0.1) is 5.92 Å². The van der Waals surface area contributed by atoms with E-state index in [2.05, 4.69) is 16.5 Å². The van der Waals surface area contributed by atoms with E-state index in [0.29, 0.717) is 5.92 Å². The van der Waals surface area contributed by atoms with Crippen molar-refractivity contribution < 1.29 is 9.47 Å². The summed E-state index contributed by atoms with van der Waals surface area (Å²) in [5, 5.41) is 1.06. The van der Waals surface area contributed by atoms with Gasteiger partial charge in [0.2, 0.25) is 0 Å². The van der Waals surface area contributed by atoms with Crippen molar-refractivity contribution in [2.75, 3.05) is 32.2 Å². The van der Waals surface area contributed by atoms with Gasteiger partial charge in [0.25, 0.3) is 0 Å². The highest BCUT2D eigenvalue weighted by molar-refractivity contribution is 7.18. The smallest absolute Gasteiger partial charge is 0.185 e. The minimum atomic E-state index is 0.437. The molecular weight excluding hydrogens is 322 g/mol. The van der Waals surface area contributed by atoms with E-state index < -0.39 is 0 Å². The van der Waals surface area contributed by atoms with Gasteiger partial charge in [-0.25, -0.2) is 4.98 Å². The van der Waals surface area contributed by atoms with Gasteiger partial charge >= 0.3 is 0 Å². The van der Waals surface area contributed by atoms with Crippen molar-refractivity contribution >= 4 is 16.5 Å². The molecule has 0 amide bonds. The van der Waals surface area contributed by atoms with Crippen LogP contribution in [0.1, 0.15) is 12.8 Å². The molecule has 1 aromatic carbocycles. The molecule has 0 spiro atoms. The van der Waals surface area contributed by atoms with Crippen LogP contribution in [0.2, 0.25) is 0 Å². The molecule has 1 fully saturated rings. The van der Waals surface area contributed by atoms with E-state index >= 15 is 0 Å². The first kappa shape index (κ1) is 16.6. The molecule has 3 rings (SSSR count). The zero-order valence-electron chi connectivity index (χ0n) is 14.1. The maximum absolute atomic E-state index is 5.83. The summed E-state index contributed by atoms with van der Waals surface area (Å²) in [6, 6.07) is 5.94. The van der Waals surface area contributed by atoms with Crippen molar-refractivity contribution in [3.8, 4) is 21.9 Å². The summed E-state index contributed by atoms with van der Waals surface area (Å²) in [6.07, 6.45) is 4.01. The molecule has 1 aromatic heterocycles. The van der Waals surface area contributed by atoms with Gasteiger partial charge in [0.05, 0.1) is 19.1 Å². The highest BCUT2D eigenvalue weighted by Gasteiger charge is 2.22. The Morgan fingerprint density at radius 3 is 2.58 bits per heavy atom. The lowest BCUT2D eigenvalue weighted by atomic mass is 9.95. The Balaban J connectivity index is 1.75. The number of benzene rings is 1. The highest BCUT2D eigenvalue weighted by Crippen LogP contribution is 2.37. The molecule has 128 valence electrons. The minimum Gasteiger partial charge on any atom is -0.493 e. The molecule has 1 saturated heterocycles. The predicted octanol–water partition coefficient (Wildman–Crippen LogP) is 3.52. The van der Waals surface area contributed by atoms with Crippen molar-refractivity contribution in [3.63, 3.8) is 0 Å². The second-order valence-electron chi connectivity index (χ2n) is 5.91.